The van der Waals surface area contributed by atoms with Gasteiger partial charge in [-0.1, -0.05) is 45.9 Å². The Kier molecular flexibility index (Phi) is 16.7. The van der Waals surface area contributed by atoms with E-state index in [0.717, 1.165) is 50.3 Å². The van der Waals surface area contributed by atoms with Crippen molar-refractivity contribution in [2.45, 2.75) is 104 Å². The zero-order valence-electron chi connectivity index (χ0n) is 42.5. The molecule has 1 unspecified atom stereocenters. The monoisotopic (exact) mass is 991 g/mol. The third kappa shape index (κ3) is 12.1. The van der Waals surface area contributed by atoms with Gasteiger partial charge in [0.05, 0.1) is 24.1 Å². The number of aliphatic hydroxyl groups is 1. The molecule has 2 aliphatic rings. The molecule has 0 spiro atoms. The third-order valence-electron chi connectivity index (χ3n) is 13.1. The first-order valence-corrected chi connectivity index (χ1v) is 25.2. The predicted molar refractivity (Wildman–Crippen MR) is 275 cm³/mol. The lowest BCUT2D eigenvalue weighted by Crippen LogP contribution is -2.62. The number of thiazole rings is 1. The number of benzene rings is 2. The van der Waals surface area contributed by atoms with Gasteiger partial charge in [-0.2, -0.15) is 0 Å². The molecule has 17 nitrogen and oxygen atoms in total. The summed E-state index contributed by atoms with van der Waals surface area (Å²) in [7, 11) is 7.02. The van der Waals surface area contributed by atoms with Crippen LogP contribution >= 0.6 is 11.3 Å². The highest BCUT2D eigenvalue weighted by atomic mass is 32.1. The Bertz CT molecular complexity index is 2770. The highest BCUT2D eigenvalue weighted by Gasteiger charge is 2.38. The molecule has 5 heterocycles. The summed E-state index contributed by atoms with van der Waals surface area (Å²) in [6, 6.07) is 12.3. The topological polar surface area (TPSA) is 204 Å². The number of methoxy groups -OCH3 is 1. The molecule has 7 rings (SSSR count). The number of nitrogens with zero attached hydrogens (tertiary/aromatic N) is 6. The van der Waals surface area contributed by atoms with Crippen molar-refractivity contribution in [2.75, 3.05) is 53.3 Å². The summed E-state index contributed by atoms with van der Waals surface area (Å²) in [5.74, 6) is -2.21. The summed E-state index contributed by atoms with van der Waals surface area (Å²) in [4.78, 5) is 69.8. The first kappa shape index (κ1) is 52.6. The van der Waals surface area contributed by atoms with E-state index in [1.807, 2.05) is 64.0 Å². The van der Waals surface area contributed by atoms with Crippen LogP contribution in [0.4, 0.5) is 5.82 Å². The molecule has 18 heteroatoms. The molecule has 0 radical (unpaired) electrons. The maximum Gasteiger partial charge on any atom is 0.324 e. The molecule has 3 aromatic heterocycles. The number of aromatic hydroxyl groups is 1. The summed E-state index contributed by atoms with van der Waals surface area (Å²) in [6.45, 7) is 13.5. The number of carbonyl (C=O) groups is 4. The predicted octanol–water partition coefficient (Wildman–Crippen LogP) is 6.55. The molecule has 1 fully saturated rings. The molecule has 0 aliphatic carbocycles. The number of rotatable bonds is 14. The van der Waals surface area contributed by atoms with Gasteiger partial charge in [0.15, 0.2) is 5.01 Å². The van der Waals surface area contributed by atoms with E-state index in [0.29, 0.717) is 49.3 Å². The summed E-state index contributed by atoms with van der Waals surface area (Å²) < 4.78 is 14.2. The van der Waals surface area contributed by atoms with Crippen molar-refractivity contribution >= 4 is 51.7 Å². The van der Waals surface area contributed by atoms with E-state index in [9.17, 15) is 29.4 Å². The Morgan fingerprint density at radius 2 is 1.87 bits per heavy atom. The average molecular weight is 992 g/mol. The Morgan fingerprint density at radius 1 is 1.10 bits per heavy atom. The lowest BCUT2D eigenvalue weighted by molar-refractivity contribution is -0.155. The van der Waals surface area contributed by atoms with Crippen molar-refractivity contribution < 1.29 is 38.9 Å². The molecular formula is C53H69N9O8S. The molecule has 2 aliphatic heterocycles. The number of esters is 1. The van der Waals surface area contributed by atoms with Gasteiger partial charge in [0, 0.05) is 73.7 Å². The molecule has 5 N–H and O–H groups in total. The van der Waals surface area contributed by atoms with Crippen LogP contribution in [-0.2, 0) is 43.2 Å². The van der Waals surface area contributed by atoms with Crippen LogP contribution in [0.2, 0.25) is 0 Å². The number of hydrogen-bond donors (Lipinski definition) is 5. The number of ether oxygens (including phenoxy) is 2. The first-order valence-electron chi connectivity index (χ1n) is 24.3. The summed E-state index contributed by atoms with van der Waals surface area (Å²) >= 11 is 1.07. The maximum absolute atomic E-state index is 14.8. The number of phenols is 1. The normalized spacial score (nSPS) is 18.9. The second kappa shape index (κ2) is 22.5. The van der Waals surface area contributed by atoms with Gasteiger partial charge in [0.25, 0.3) is 11.8 Å². The Morgan fingerprint density at radius 3 is 2.59 bits per heavy atom. The van der Waals surface area contributed by atoms with E-state index in [1.54, 1.807) is 36.9 Å². The smallest absolute Gasteiger partial charge is 0.324 e. The van der Waals surface area contributed by atoms with Crippen molar-refractivity contribution in [2.24, 2.45) is 11.3 Å². The largest absolute Gasteiger partial charge is 0.508 e. The Labute approximate surface area is 420 Å². The van der Waals surface area contributed by atoms with Gasteiger partial charge in [-0.15, -0.1) is 11.3 Å². The van der Waals surface area contributed by atoms with E-state index >= 15 is 0 Å². The van der Waals surface area contributed by atoms with Gasteiger partial charge in [0.1, 0.15) is 35.9 Å². The van der Waals surface area contributed by atoms with E-state index in [4.69, 9.17) is 14.5 Å². The van der Waals surface area contributed by atoms with Gasteiger partial charge in [-0.05, 0) is 118 Å². The lowest BCUT2D eigenvalue weighted by atomic mass is 9.84. The zero-order valence-corrected chi connectivity index (χ0v) is 43.3. The minimum Gasteiger partial charge on any atom is -0.508 e. The summed E-state index contributed by atoms with van der Waals surface area (Å²) in [5, 5.41) is 31.8. The van der Waals surface area contributed by atoms with Crippen LogP contribution in [0.15, 0.2) is 72.3 Å². The van der Waals surface area contributed by atoms with Gasteiger partial charge in [0.2, 0.25) is 5.91 Å². The number of nitrogens with one attached hydrogen (secondary N) is 3. The number of phenolic OH excluding ortho intramolecular Hbond substituents is 1. The number of aryl methyl sites for hydroxylation is 1. The van der Waals surface area contributed by atoms with E-state index in [1.165, 1.54) is 17.0 Å². The minimum absolute atomic E-state index is 0.0232. The van der Waals surface area contributed by atoms with E-state index < -0.39 is 59.4 Å². The number of hydrazine groups is 1. The van der Waals surface area contributed by atoms with Gasteiger partial charge in [-0.25, -0.2) is 10.4 Å². The summed E-state index contributed by atoms with van der Waals surface area (Å²) in [6.07, 6.45) is 5.26. The molecule has 71 heavy (non-hydrogen) atoms. The fraction of sp³-hybridized carbons (Fsp3) is 0.472. The Hall–Kier alpha value is -6.18. The number of amides is 3. The minimum atomic E-state index is -1.20. The van der Waals surface area contributed by atoms with Crippen molar-refractivity contribution in [1.82, 2.24) is 40.1 Å². The SMILES string of the molecule is CCn1c(-c2cccnc2[C@H](C)OC)c2c3cc(ccc31)-c1cc(O)cc(c1)C[C@H](NC(=O)[C@H](C(C)C)N(C)C(=O)c1nc(NC(O)/C=C/CN(C)C)cs1)C(=O)N1CCC[C@H](N1)C(=O)OCC(C)(C)C2. The van der Waals surface area contributed by atoms with E-state index in [2.05, 4.69) is 64.6 Å². The molecule has 380 valence electrons. The van der Waals surface area contributed by atoms with Gasteiger partial charge >= 0.3 is 5.97 Å². The maximum atomic E-state index is 14.8. The number of pyridine rings is 1. The Balaban J connectivity index is 1.26. The number of fused-ring (bicyclic) bond motifs is 6. The number of aromatic nitrogens is 3. The average Bonchev–Trinajstić information content (AvgIpc) is 3.92. The van der Waals surface area contributed by atoms with Crippen LogP contribution < -0.4 is 16.1 Å². The summed E-state index contributed by atoms with van der Waals surface area (Å²) in [5.41, 5.74) is 9.45. The van der Waals surface area contributed by atoms with Crippen LogP contribution in [-0.4, -0.2) is 136 Å². The van der Waals surface area contributed by atoms with Crippen LogP contribution in [0.1, 0.15) is 87.1 Å². The lowest BCUT2D eigenvalue weighted by Gasteiger charge is -2.36. The van der Waals surface area contributed by atoms with Crippen molar-refractivity contribution in [3.63, 3.8) is 0 Å². The van der Waals surface area contributed by atoms with Gasteiger partial charge in [-0.3, -0.25) is 29.2 Å². The van der Waals surface area contributed by atoms with Crippen LogP contribution in [0.5, 0.6) is 5.75 Å². The van der Waals surface area contributed by atoms with Crippen LogP contribution in [0.3, 0.4) is 0 Å². The fourth-order valence-corrected chi connectivity index (χ4v) is 10.3. The van der Waals surface area contributed by atoms with Crippen molar-refractivity contribution in [3.05, 3.63) is 94.1 Å². The zero-order chi connectivity index (χ0) is 51.3. The fourth-order valence-electron chi connectivity index (χ4n) is 9.57. The number of aliphatic hydroxyl groups excluding tert-OH is 1. The molecule has 5 atom stereocenters. The van der Waals surface area contributed by atoms with Crippen LogP contribution in [0, 0.1) is 11.3 Å². The highest BCUT2D eigenvalue weighted by Crippen LogP contribution is 2.42. The van der Waals surface area contributed by atoms with Crippen molar-refractivity contribution in [3.8, 4) is 28.1 Å². The standard InChI is InChI=1S/C53H69N9O8S/c1-11-61-42-19-18-34-27-38(42)39(47(61)37-15-12-20-54-45(37)32(4)69-10)28-53(5,6)30-70-52(68)40-16-13-22-62(58-40)50(66)41(25-33-23-35(34)26-36(63)24-33)55-48(65)46(31(2)3)60(9)51(67)49-57-43(29-71-49)56-44(64)17-14-21-59(7)8/h12,14-15,17-20,23-24,26-27,29,31-32,40-41,44,46,56,58,63-64H,11,13,16,21-22,25,28,30H2,1-10H3,(H,55,65)/b17-14+/t32-,40-,41-,44?,46-/m0/s1. The number of carbonyl (C=O) groups excluding carboxylic acids is 4. The second-order valence-corrected chi connectivity index (χ2v) is 20.8. The molecule has 1 saturated heterocycles. The first-order chi connectivity index (χ1) is 33.8. The highest BCUT2D eigenvalue weighted by molar-refractivity contribution is 7.12. The number of anilines is 1. The molecule has 6 bridgehead atoms. The third-order valence-corrected chi connectivity index (χ3v) is 13.9. The molecule has 0 saturated carbocycles. The molecule has 5 aromatic rings. The van der Waals surface area contributed by atoms with Gasteiger partial charge < -0.3 is 44.7 Å². The molecule has 3 amide bonds. The number of hydrogen-bond acceptors (Lipinski definition) is 14. The van der Waals surface area contributed by atoms with Crippen molar-refractivity contribution in [1.29, 1.82) is 0 Å². The van der Waals surface area contributed by atoms with Crippen LogP contribution in [0.25, 0.3) is 33.3 Å². The number of likely N-dealkylation sites (N-methyl/N-ethyl adjacent to an activating group) is 2. The van der Waals surface area contributed by atoms with E-state index in [-0.39, 0.29) is 36.4 Å². The molecule has 2 aromatic carbocycles. The quantitative estimate of drug-likeness (QED) is 0.0456. The molecular weight excluding hydrogens is 923 g/mol. The second-order valence-electron chi connectivity index (χ2n) is 20.0. The number of cyclic esters (lactones) is 1.